The van der Waals surface area contributed by atoms with Gasteiger partial charge >= 0.3 is 0 Å². The molecule has 2 aliphatic heterocycles. The Hall–Kier alpha value is -0.280. The van der Waals surface area contributed by atoms with Crippen LogP contribution in [0, 0.1) is 0 Å². The molecule has 2 rings (SSSR count). The molecule has 0 aliphatic carbocycles. The lowest BCUT2D eigenvalue weighted by Gasteiger charge is -2.38. The van der Waals surface area contributed by atoms with Crippen LogP contribution in [0.3, 0.4) is 0 Å². The Morgan fingerprint density at radius 3 is 1.69 bits per heavy atom. The average Bonchev–Trinajstić information content (AvgIpc) is 2.29. The van der Waals surface area contributed by atoms with Gasteiger partial charge in [-0.3, -0.25) is 0 Å². The summed E-state index contributed by atoms with van der Waals surface area (Å²) in [5.41, 5.74) is 0. The van der Waals surface area contributed by atoms with Gasteiger partial charge in [-0.25, -0.2) is 0 Å². The van der Waals surface area contributed by atoms with Crippen molar-refractivity contribution < 1.29 is 34.3 Å². The lowest BCUT2D eigenvalue weighted by molar-refractivity contribution is -0.269. The van der Waals surface area contributed by atoms with E-state index in [1.165, 1.54) is 0 Å². The number of hydrogen-bond donors (Lipinski definition) is 3. The Bertz CT molecular complexity index is 202. The fraction of sp³-hybridized carbons (Fsp3) is 1.00. The molecule has 0 amide bonds. The van der Waals surface area contributed by atoms with Gasteiger partial charge in [-0.1, -0.05) is 0 Å². The third-order valence-electron chi connectivity index (χ3n) is 2.70. The van der Waals surface area contributed by atoms with E-state index in [2.05, 4.69) is 0 Å². The Kier molecular flexibility index (Phi) is 4.09. The van der Waals surface area contributed by atoms with E-state index in [-0.39, 0.29) is 26.8 Å². The third kappa shape index (κ3) is 2.51. The van der Waals surface area contributed by atoms with E-state index in [1.807, 2.05) is 0 Å². The van der Waals surface area contributed by atoms with Gasteiger partial charge in [0.15, 0.2) is 0 Å². The van der Waals surface area contributed by atoms with Crippen LogP contribution in [0.2, 0.25) is 0 Å². The second-order valence-electron chi connectivity index (χ2n) is 3.87. The van der Waals surface area contributed by atoms with Crippen molar-refractivity contribution in [2.24, 2.45) is 0 Å². The highest BCUT2D eigenvalue weighted by atomic mass is 16.7. The Labute approximate surface area is 92.5 Å². The summed E-state index contributed by atoms with van der Waals surface area (Å²) in [4.78, 5) is 0. The van der Waals surface area contributed by atoms with Gasteiger partial charge in [0.25, 0.3) is 0 Å². The normalized spacial score (nSPS) is 42.9. The quantitative estimate of drug-likeness (QED) is 0.501. The van der Waals surface area contributed by atoms with Gasteiger partial charge in [-0.05, 0) is 0 Å². The molecule has 94 valence electrons. The first-order valence-corrected chi connectivity index (χ1v) is 5.13. The maximum absolute atomic E-state index is 9.96. The van der Waals surface area contributed by atoms with Crippen LogP contribution in [0.1, 0.15) is 0 Å². The van der Waals surface area contributed by atoms with Crippen molar-refractivity contribution in [3.05, 3.63) is 0 Å². The molecule has 7 heteroatoms. The fourth-order valence-electron chi connectivity index (χ4n) is 1.84. The lowest BCUT2D eigenvalue weighted by atomic mass is 9.98. The molecule has 0 spiro atoms. The topological polar surface area (TPSA) is 97.6 Å². The molecule has 0 radical (unpaired) electrons. The van der Waals surface area contributed by atoms with Crippen molar-refractivity contribution in [1.29, 1.82) is 0 Å². The first-order chi connectivity index (χ1) is 7.70. The second kappa shape index (κ2) is 5.37. The summed E-state index contributed by atoms with van der Waals surface area (Å²) >= 11 is 0. The molecule has 2 heterocycles. The first kappa shape index (κ1) is 12.2. The monoisotopic (exact) mass is 236 g/mol. The van der Waals surface area contributed by atoms with Crippen molar-refractivity contribution in [2.45, 2.75) is 30.5 Å². The van der Waals surface area contributed by atoms with Gasteiger partial charge < -0.3 is 34.3 Å². The summed E-state index contributed by atoms with van der Waals surface area (Å²) in [5.74, 6) is 0. The van der Waals surface area contributed by atoms with Crippen molar-refractivity contribution in [3.8, 4) is 0 Å². The van der Waals surface area contributed by atoms with Gasteiger partial charge in [0.1, 0.15) is 44.1 Å². The average molecular weight is 236 g/mol. The van der Waals surface area contributed by atoms with Crippen LogP contribution < -0.4 is 0 Å². The van der Waals surface area contributed by atoms with Gasteiger partial charge in [-0.15, -0.1) is 0 Å². The van der Waals surface area contributed by atoms with E-state index in [0.717, 1.165) is 0 Å². The zero-order valence-corrected chi connectivity index (χ0v) is 8.69. The van der Waals surface area contributed by atoms with Crippen molar-refractivity contribution in [3.63, 3.8) is 0 Å². The van der Waals surface area contributed by atoms with Crippen LogP contribution in [0.25, 0.3) is 0 Å². The van der Waals surface area contributed by atoms with Crippen LogP contribution in [0.4, 0.5) is 0 Å². The van der Waals surface area contributed by atoms with Crippen LogP contribution in [0.15, 0.2) is 0 Å². The molecule has 16 heavy (non-hydrogen) atoms. The second-order valence-corrected chi connectivity index (χ2v) is 3.87. The molecular formula is C9H16O7. The molecule has 1 unspecified atom stereocenters. The molecular weight excluding hydrogens is 220 g/mol. The van der Waals surface area contributed by atoms with Crippen LogP contribution in [0.5, 0.6) is 0 Å². The van der Waals surface area contributed by atoms with Gasteiger partial charge in [-0.2, -0.15) is 0 Å². The summed E-state index contributed by atoms with van der Waals surface area (Å²) in [6, 6.07) is 0. The standard InChI is InChI=1S/C9H16O7/c10-5-1-13-3-15-8(5)7(12)9-6(11)2-14-4-16-9/h5-12H,1-4H2/t5-,6+,7?,8-,9-/m0/s1. The highest BCUT2D eigenvalue weighted by Gasteiger charge is 2.41. The molecule has 2 saturated heterocycles. The number of hydrogen-bond acceptors (Lipinski definition) is 7. The van der Waals surface area contributed by atoms with E-state index in [0.29, 0.717) is 0 Å². The largest absolute Gasteiger partial charge is 0.388 e. The van der Waals surface area contributed by atoms with E-state index in [4.69, 9.17) is 18.9 Å². The van der Waals surface area contributed by atoms with Crippen molar-refractivity contribution >= 4 is 0 Å². The number of aliphatic hydroxyl groups is 3. The number of aliphatic hydroxyl groups excluding tert-OH is 3. The molecule has 0 bridgehead atoms. The molecule has 7 nitrogen and oxygen atoms in total. The smallest absolute Gasteiger partial charge is 0.147 e. The third-order valence-corrected chi connectivity index (χ3v) is 2.70. The van der Waals surface area contributed by atoms with Crippen LogP contribution in [-0.2, 0) is 18.9 Å². The molecule has 2 fully saturated rings. The predicted molar refractivity (Wildman–Crippen MR) is 49.4 cm³/mol. The molecule has 0 aromatic rings. The summed E-state index contributed by atoms with van der Waals surface area (Å²) in [5, 5.41) is 29.1. The minimum absolute atomic E-state index is 0.0120. The van der Waals surface area contributed by atoms with Crippen LogP contribution >= 0.6 is 0 Å². The van der Waals surface area contributed by atoms with Gasteiger partial charge in [0.2, 0.25) is 0 Å². The molecule has 0 saturated carbocycles. The van der Waals surface area contributed by atoms with E-state index < -0.39 is 30.5 Å². The van der Waals surface area contributed by atoms with Crippen molar-refractivity contribution in [2.75, 3.05) is 26.8 Å². The minimum atomic E-state index is -1.11. The first-order valence-electron chi connectivity index (χ1n) is 5.13. The van der Waals surface area contributed by atoms with E-state index in [1.54, 1.807) is 0 Å². The Morgan fingerprint density at radius 2 is 1.31 bits per heavy atom. The highest BCUT2D eigenvalue weighted by Crippen LogP contribution is 2.20. The maximum Gasteiger partial charge on any atom is 0.147 e. The maximum atomic E-state index is 9.96. The minimum Gasteiger partial charge on any atom is -0.388 e. The van der Waals surface area contributed by atoms with Crippen molar-refractivity contribution in [1.82, 2.24) is 0 Å². The van der Waals surface area contributed by atoms with E-state index in [9.17, 15) is 15.3 Å². The molecule has 2 aliphatic rings. The highest BCUT2D eigenvalue weighted by molar-refractivity contribution is 4.88. The summed E-state index contributed by atoms with van der Waals surface area (Å²) in [6.45, 7) is 0.221. The number of ether oxygens (including phenoxy) is 4. The summed E-state index contributed by atoms with van der Waals surface area (Å²) < 4.78 is 19.9. The number of rotatable bonds is 2. The molecule has 0 aromatic carbocycles. The van der Waals surface area contributed by atoms with Gasteiger partial charge in [0, 0.05) is 0 Å². The lowest BCUT2D eigenvalue weighted by Crippen LogP contribution is -2.56. The zero-order chi connectivity index (χ0) is 11.5. The summed E-state index contributed by atoms with van der Waals surface area (Å²) in [6.07, 6.45) is -4.60. The summed E-state index contributed by atoms with van der Waals surface area (Å²) in [7, 11) is 0. The fourth-order valence-corrected chi connectivity index (χ4v) is 1.84. The molecule has 0 aromatic heterocycles. The zero-order valence-electron chi connectivity index (χ0n) is 8.69. The molecule has 5 atom stereocenters. The Balaban J connectivity index is 1.96. The van der Waals surface area contributed by atoms with Crippen LogP contribution in [-0.4, -0.2) is 72.6 Å². The Morgan fingerprint density at radius 1 is 0.875 bits per heavy atom. The van der Waals surface area contributed by atoms with E-state index >= 15 is 0 Å². The predicted octanol–water partition coefficient (Wildman–Crippen LogP) is -2.19. The molecule has 3 N–H and O–H groups in total. The SMILES string of the molecule is OC([C@H]1OCOC[C@H]1O)[C@H]1OCOC[C@@H]1O. The van der Waals surface area contributed by atoms with Gasteiger partial charge in [0.05, 0.1) is 13.2 Å².